The van der Waals surface area contributed by atoms with Crippen molar-refractivity contribution in [2.45, 2.75) is 23.1 Å². The fraction of sp³-hybridized carbons (Fsp3) is 0.231. The average Bonchev–Trinajstić information content (AvgIpc) is 3.52. The first-order chi connectivity index (χ1) is 17.4. The maximum Gasteiger partial charge on any atom is 0.245 e. The lowest BCUT2D eigenvalue weighted by Crippen LogP contribution is -2.38. The van der Waals surface area contributed by atoms with Gasteiger partial charge in [-0.1, -0.05) is 53.7 Å². The van der Waals surface area contributed by atoms with Crippen LogP contribution in [0.2, 0.25) is 0 Å². The number of hydrogen-bond acceptors (Lipinski definition) is 6. The molecule has 1 aliphatic rings. The zero-order valence-electron chi connectivity index (χ0n) is 19.9. The molecule has 0 radical (unpaired) electrons. The monoisotopic (exact) mass is 522 g/mol. The molecule has 1 saturated heterocycles. The summed E-state index contributed by atoms with van der Waals surface area (Å²) in [6.45, 7) is 2.40. The Morgan fingerprint density at radius 1 is 1.06 bits per heavy atom. The van der Waals surface area contributed by atoms with Gasteiger partial charge >= 0.3 is 0 Å². The molecule has 0 saturated carbocycles. The van der Waals surface area contributed by atoms with Gasteiger partial charge in [-0.3, -0.25) is 4.79 Å². The fourth-order valence-electron chi connectivity index (χ4n) is 4.30. The molecule has 0 aliphatic carbocycles. The second kappa shape index (κ2) is 9.96. The number of sulfonamides is 1. The van der Waals surface area contributed by atoms with Gasteiger partial charge in [0.2, 0.25) is 15.9 Å². The first-order valence-electron chi connectivity index (χ1n) is 11.5. The number of methoxy groups -OCH3 is 1. The molecule has 1 fully saturated rings. The molecule has 1 aliphatic heterocycles. The Bertz CT molecular complexity index is 1450. The SMILES string of the molecule is COc1ccc(C2N(C(=O)CSc3nc4ccccc4[nH]3)CCN2S(=O)(=O)c2ccc(C)cc2)cc1. The molecule has 36 heavy (non-hydrogen) atoms. The van der Waals surface area contributed by atoms with Gasteiger partial charge in [-0.05, 0) is 48.9 Å². The van der Waals surface area contributed by atoms with Gasteiger partial charge in [0.1, 0.15) is 11.9 Å². The Morgan fingerprint density at radius 3 is 2.47 bits per heavy atom. The third-order valence-electron chi connectivity index (χ3n) is 6.19. The summed E-state index contributed by atoms with van der Waals surface area (Å²) in [6.07, 6.45) is -0.758. The van der Waals surface area contributed by atoms with E-state index in [1.54, 1.807) is 60.5 Å². The summed E-state index contributed by atoms with van der Waals surface area (Å²) in [5.74, 6) is 0.621. The van der Waals surface area contributed by atoms with Crippen LogP contribution in [-0.4, -0.2) is 59.5 Å². The summed E-state index contributed by atoms with van der Waals surface area (Å²) in [5.41, 5.74) is 3.41. The number of fused-ring (bicyclic) bond motifs is 1. The van der Waals surface area contributed by atoms with E-state index in [2.05, 4.69) is 9.97 Å². The maximum atomic E-state index is 13.6. The summed E-state index contributed by atoms with van der Waals surface area (Å²) in [7, 11) is -2.26. The number of nitrogens with one attached hydrogen (secondary N) is 1. The Labute approximate surface area is 214 Å². The van der Waals surface area contributed by atoms with Gasteiger partial charge < -0.3 is 14.6 Å². The summed E-state index contributed by atoms with van der Waals surface area (Å²) in [5, 5.41) is 0.647. The van der Waals surface area contributed by atoms with Gasteiger partial charge in [0.05, 0.1) is 28.8 Å². The van der Waals surface area contributed by atoms with Crippen LogP contribution in [-0.2, 0) is 14.8 Å². The number of aromatic nitrogens is 2. The summed E-state index contributed by atoms with van der Waals surface area (Å²) >= 11 is 1.31. The van der Waals surface area contributed by atoms with Crippen molar-refractivity contribution in [1.82, 2.24) is 19.2 Å². The number of amides is 1. The zero-order valence-corrected chi connectivity index (χ0v) is 21.6. The van der Waals surface area contributed by atoms with E-state index in [4.69, 9.17) is 4.74 Å². The van der Waals surface area contributed by atoms with Crippen LogP contribution in [0.15, 0.2) is 82.8 Å². The predicted octanol–water partition coefficient (Wildman–Crippen LogP) is 4.20. The quantitative estimate of drug-likeness (QED) is 0.366. The number of rotatable bonds is 7. The third kappa shape index (κ3) is 4.71. The van der Waals surface area contributed by atoms with Crippen molar-refractivity contribution in [3.05, 3.63) is 83.9 Å². The summed E-state index contributed by atoms with van der Waals surface area (Å²) in [6, 6.07) is 21.6. The smallest absolute Gasteiger partial charge is 0.245 e. The number of nitrogens with zero attached hydrogens (tertiary/aromatic N) is 3. The lowest BCUT2D eigenvalue weighted by atomic mass is 10.1. The largest absolute Gasteiger partial charge is 0.497 e. The number of ether oxygens (including phenoxy) is 1. The molecule has 10 heteroatoms. The van der Waals surface area contributed by atoms with Crippen molar-refractivity contribution in [2.24, 2.45) is 0 Å². The molecule has 1 atom stereocenters. The van der Waals surface area contributed by atoms with Crippen LogP contribution in [0.1, 0.15) is 17.3 Å². The first kappa shape index (κ1) is 24.4. The van der Waals surface area contributed by atoms with E-state index in [1.807, 2.05) is 31.2 Å². The molecule has 2 heterocycles. The van der Waals surface area contributed by atoms with E-state index >= 15 is 0 Å². The lowest BCUT2D eigenvalue weighted by molar-refractivity contribution is -0.130. The molecule has 0 bridgehead atoms. The molecule has 0 spiro atoms. The minimum atomic E-state index is -3.84. The number of carbonyl (C=O) groups is 1. The molecule has 5 rings (SSSR count). The number of H-pyrrole nitrogens is 1. The molecule has 1 unspecified atom stereocenters. The number of hydrogen-bond donors (Lipinski definition) is 1. The van der Waals surface area contributed by atoms with E-state index in [0.29, 0.717) is 23.0 Å². The van der Waals surface area contributed by atoms with Crippen LogP contribution in [0.3, 0.4) is 0 Å². The van der Waals surface area contributed by atoms with Crippen molar-refractivity contribution in [3.63, 3.8) is 0 Å². The molecule has 3 aromatic carbocycles. The molecule has 186 valence electrons. The first-order valence-corrected chi connectivity index (χ1v) is 13.9. The molecular weight excluding hydrogens is 496 g/mol. The standard InChI is InChI=1S/C26H26N4O4S2/c1-18-7-13-21(14-8-18)36(32,33)30-16-15-29(25(30)19-9-11-20(34-2)12-10-19)24(31)17-35-26-27-22-5-3-4-6-23(22)28-26/h3-14,25H,15-17H2,1-2H3,(H,27,28). The van der Waals surface area contributed by atoms with E-state index in [-0.39, 0.29) is 23.1 Å². The zero-order chi connectivity index (χ0) is 25.3. The van der Waals surface area contributed by atoms with Gasteiger partial charge in [0, 0.05) is 13.1 Å². The number of thioether (sulfide) groups is 1. The highest BCUT2D eigenvalue weighted by Crippen LogP contribution is 2.36. The molecule has 4 aromatic rings. The van der Waals surface area contributed by atoms with Crippen molar-refractivity contribution >= 4 is 38.7 Å². The van der Waals surface area contributed by atoms with Crippen LogP contribution >= 0.6 is 11.8 Å². The van der Waals surface area contributed by atoms with Crippen molar-refractivity contribution in [2.75, 3.05) is 26.0 Å². The molecule has 1 amide bonds. The fourth-order valence-corrected chi connectivity index (χ4v) is 6.64. The van der Waals surface area contributed by atoms with E-state index in [9.17, 15) is 13.2 Å². The minimum Gasteiger partial charge on any atom is -0.497 e. The Kier molecular flexibility index (Phi) is 6.74. The molecular formula is C26H26N4O4S2. The Hall–Kier alpha value is -3.34. The van der Waals surface area contributed by atoms with Crippen LogP contribution in [0.25, 0.3) is 11.0 Å². The third-order valence-corrected chi connectivity index (χ3v) is 8.92. The number of aryl methyl sites for hydroxylation is 1. The highest BCUT2D eigenvalue weighted by molar-refractivity contribution is 7.99. The van der Waals surface area contributed by atoms with Crippen LogP contribution < -0.4 is 4.74 Å². The number of imidazole rings is 1. The summed E-state index contributed by atoms with van der Waals surface area (Å²) in [4.78, 5) is 23.0. The van der Waals surface area contributed by atoms with Gasteiger partial charge in [0.25, 0.3) is 0 Å². The maximum absolute atomic E-state index is 13.6. The Balaban J connectivity index is 1.42. The topological polar surface area (TPSA) is 95.6 Å². The van der Waals surface area contributed by atoms with Crippen LogP contribution in [0.5, 0.6) is 5.75 Å². The minimum absolute atomic E-state index is 0.130. The van der Waals surface area contributed by atoms with Gasteiger partial charge in [-0.15, -0.1) is 0 Å². The highest BCUT2D eigenvalue weighted by Gasteiger charge is 2.43. The van der Waals surface area contributed by atoms with Crippen LogP contribution in [0, 0.1) is 6.92 Å². The molecule has 8 nitrogen and oxygen atoms in total. The average molecular weight is 523 g/mol. The number of aromatic amines is 1. The highest BCUT2D eigenvalue weighted by atomic mass is 32.2. The van der Waals surface area contributed by atoms with E-state index in [0.717, 1.165) is 16.6 Å². The number of benzene rings is 3. The Morgan fingerprint density at radius 2 is 1.78 bits per heavy atom. The number of para-hydroxylation sites is 2. The van der Waals surface area contributed by atoms with Gasteiger partial charge in [-0.2, -0.15) is 4.31 Å². The van der Waals surface area contributed by atoms with E-state index in [1.165, 1.54) is 16.1 Å². The lowest BCUT2D eigenvalue weighted by Gasteiger charge is -2.30. The molecule has 1 aromatic heterocycles. The predicted molar refractivity (Wildman–Crippen MR) is 139 cm³/mol. The van der Waals surface area contributed by atoms with Gasteiger partial charge in [-0.25, -0.2) is 13.4 Å². The van der Waals surface area contributed by atoms with Crippen molar-refractivity contribution in [1.29, 1.82) is 0 Å². The van der Waals surface area contributed by atoms with E-state index < -0.39 is 16.2 Å². The second-order valence-corrected chi connectivity index (χ2v) is 11.4. The number of carbonyl (C=O) groups excluding carboxylic acids is 1. The van der Waals surface area contributed by atoms with Crippen LogP contribution in [0.4, 0.5) is 0 Å². The normalized spacial score (nSPS) is 16.5. The summed E-state index contributed by atoms with van der Waals surface area (Å²) < 4.78 is 34.0. The van der Waals surface area contributed by atoms with Gasteiger partial charge in [0.15, 0.2) is 5.16 Å². The second-order valence-electron chi connectivity index (χ2n) is 8.51. The van der Waals surface area contributed by atoms with Crippen molar-refractivity contribution < 1.29 is 17.9 Å². The van der Waals surface area contributed by atoms with Crippen molar-refractivity contribution in [3.8, 4) is 5.75 Å². The molecule has 1 N–H and O–H groups in total.